The fourth-order valence-electron chi connectivity index (χ4n) is 2.48. The average Bonchev–Trinajstić information content (AvgIpc) is 2.74. The molecule has 0 heterocycles. The van der Waals surface area contributed by atoms with Crippen LogP contribution in [-0.4, -0.2) is 24.7 Å². The summed E-state index contributed by atoms with van der Waals surface area (Å²) in [7, 11) is 0. The smallest absolute Gasteiger partial charge is 0.343 e. The molecule has 30 heavy (non-hydrogen) atoms. The maximum absolute atomic E-state index is 12.2. The number of carbonyl (C=O) groups excluding carboxylic acids is 2. The lowest BCUT2D eigenvalue weighted by Gasteiger charge is -2.07. The van der Waals surface area contributed by atoms with Crippen molar-refractivity contribution in [2.45, 2.75) is 6.92 Å². The summed E-state index contributed by atoms with van der Waals surface area (Å²) in [5.74, 6) is 0.113. The molecule has 0 aliphatic carbocycles. The van der Waals surface area contributed by atoms with E-state index >= 15 is 0 Å². The molecule has 3 aromatic carbocycles. The molecule has 3 rings (SSSR count). The van der Waals surface area contributed by atoms with E-state index in [4.69, 9.17) is 21.1 Å². The van der Waals surface area contributed by atoms with Crippen molar-refractivity contribution in [3.8, 4) is 11.5 Å². The van der Waals surface area contributed by atoms with Crippen LogP contribution in [0.1, 0.15) is 21.5 Å². The Balaban J connectivity index is 1.52. The van der Waals surface area contributed by atoms with Gasteiger partial charge in [-0.1, -0.05) is 41.9 Å². The van der Waals surface area contributed by atoms with E-state index < -0.39 is 5.97 Å². The minimum Gasteiger partial charge on any atom is -0.483 e. The van der Waals surface area contributed by atoms with Crippen molar-refractivity contribution in [1.82, 2.24) is 5.43 Å². The van der Waals surface area contributed by atoms with Crippen molar-refractivity contribution >= 4 is 29.7 Å². The highest BCUT2D eigenvalue weighted by Gasteiger charge is 2.08. The van der Waals surface area contributed by atoms with E-state index in [-0.39, 0.29) is 12.5 Å². The summed E-state index contributed by atoms with van der Waals surface area (Å²) in [6.07, 6.45) is 1.45. The Morgan fingerprint density at radius 3 is 2.57 bits per heavy atom. The zero-order chi connectivity index (χ0) is 21.3. The monoisotopic (exact) mass is 422 g/mol. The highest BCUT2D eigenvalue weighted by molar-refractivity contribution is 6.30. The van der Waals surface area contributed by atoms with Crippen LogP contribution in [0.5, 0.6) is 11.5 Å². The van der Waals surface area contributed by atoms with E-state index in [9.17, 15) is 9.59 Å². The lowest BCUT2D eigenvalue weighted by atomic mass is 10.2. The summed E-state index contributed by atoms with van der Waals surface area (Å²) in [6, 6.07) is 20.6. The largest absolute Gasteiger partial charge is 0.483 e. The maximum atomic E-state index is 12.2. The van der Waals surface area contributed by atoms with E-state index in [2.05, 4.69) is 10.5 Å². The summed E-state index contributed by atoms with van der Waals surface area (Å²) in [4.78, 5) is 24.1. The van der Waals surface area contributed by atoms with Crippen LogP contribution in [0, 0.1) is 6.92 Å². The Bertz CT molecular complexity index is 1060. The zero-order valence-electron chi connectivity index (χ0n) is 16.2. The molecule has 0 bridgehead atoms. The SMILES string of the molecule is Cc1ccccc1OCC(=O)NN=Cc1cccc(OC(=O)c2ccc(Cl)cc2)c1. The first-order chi connectivity index (χ1) is 14.5. The van der Waals surface area contributed by atoms with E-state index in [1.807, 2.05) is 25.1 Å². The molecule has 7 heteroatoms. The van der Waals surface area contributed by atoms with Gasteiger partial charge in [0.1, 0.15) is 11.5 Å². The molecule has 0 saturated heterocycles. The first-order valence-corrected chi connectivity index (χ1v) is 9.47. The number of nitrogens with zero attached hydrogens (tertiary/aromatic N) is 1. The maximum Gasteiger partial charge on any atom is 0.343 e. The highest BCUT2D eigenvalue weighted by Crippen LogP contribution is 2.17. The number of carbonyl (C=O) groups is 2. The average molecular weight is 423 g/mol. The number of esters is 1. The number of hydrogen-bond donors (Lipinski definition) is 1. The topological polar surface area (TPSA) is 77.0 Å². The van der Waals surface area contributed by atoms with Gasteiger partial charge in [-0.15, -0.1) is 0 Å². The number of halogens is 1. The van der Waals surface area contributed by atoms with Crippen LogP contribution in [0.3, 0.4) is 0 Å². The molecule has 0 spiro atoms. The van der Waals surface area contributed by atoms with Gasteiger partial charge >= 0.3 is 5.97 Å². The van der Waals surface area contributed by atoms with Crippen molar-refractivity contribution in [3.63, 3.8) is 0 Å². The summed E-state index contributed by atoms with van der Waals surface area (Å²) in [6.45, 7) is 1.75. The quantitative estimate of drug-likeness (QED) is 0.265. The standard InChI is InChI=1S/C23H19ClN2O4/c1-16-5-2-3-8-21(16)29-15-22(27)26-25-14-17-6-4-7-20(13-17)30-23(28)18-9-11-19(24)12-10-18/h2-14H,15H2,1H3,(H,26,27). The number of ether oxygens (including phenoxy) is 2. The van der Waals surface area contributed by atoms with Crippen LogP contribution >= 0.6 is 11.6 Å². The molecule has 1 N–H and O–H groups in total. The van der Waals surface area contributed by atoms with E-state index in [1.165, 1.54) is 6.21 Å². The Labute approximate surface area is 179 Å². The van der Waals surface area contributed by atoms with Crippen LogP contribution in [0.4, 0.5) is 0 Å². The normalized spacial score (nSPS) is 10.6. The number of nitrogens with one attached hydrogen (secondary N) is 1. The second-order valence-electron chi connectivity index (χ2n) is 6.32. The first-order valence-electron chi connectivity index (χ1n) is 9.09. The van der Waals surface area contributed by atoms with Crippen molar-refractivity contribution < 1.29 is 19.1 Å². The van der Waals surface area contributed by atoms with Gasteiger partial charge in [0, 0.05) is 5.02 Å². The molecule has 0 fully saturated rings. The summed E-state index contributed by atoms with van der Waals surface area (Å²) >= 11 is 5.82. The van der Waals surface area contributed by atoms with Gasteiger partial charge in [-0.05, 0) is 60.5 Å². The molecule has 0 aliphatic rings. The molecule has 0 atom stereocenters. The zero-order valence-corrected chi connectivity index (χ0v) is 16.9. The first kappa shape index (κ1) is 21.1. The number of rotatable bonds is 7. The molecule has 1 amide bonds. The van der Waals surface area contributed by atoms with E-state index in [0.717, 1.165) is 5.56 Å². The molecule has 3 aromatic rings. The van der Waals surface area contributed by atoms with Crippen LogP contribution in [-0.2, 0) is 4.79 Å². The fraction of sp³-hybridized carbons (Fsp3) is 0.0870. The predicted octanol–water partition coefficient (Wildman–Crippen LogP) is 4.40. The third-order valence-electron chi connectivity index (χ3n) is 4.00. The minimum atomic E-state index is -0.498. The Morgan fingerprint density at radius 1 is 1.03 bits per heavy atom. The second kappa shape index (κ2) is 10.2. The number of benzene rings is 3. The molecule has 0 aromatic heterocycles. The minimum absolute atomic E-state index is 0.152. The van der Waals surface area contributed by atoms with Crippen molar-refractivity contribution in [2.24, 2.45) is 5.10 Å². The number of aryl methyl sites for hydroxylation is 1. The summed E-state index contributed by atoms with van der Waals surface area (Å²) < 4.78 is 10.8. The van der Waals surface area contributed by atoms with E-state index in [1.54, 1.807) is 54.6 Å². The van der Waals surface area contributed by atoms with Gasteiger partial charge in [0.25, 0.3) is 5.91 Å². The lowest BCUT2D eigenvalue weighted by Crippen LogP contribution is -2.24. The summed E-state index contributed by atoms with van der Waals surface area (Å²) in [5.41, 5.74) is 4.38. The molecular formula is C23H19ClN2O4. The molecular weight excluding hydrogens is 404 g/mol. The molecule has 0 aliphatic heterocycles. The van der Waals surface area contributed by atoms with Crippen molar-refractivity contribution in [3.05, 3.63) is 94.5 Å². The van der Waals surface area contributed by atoms with Gasteiger partial charge in [0.15, 0.2) is 6.61 Å². The third kappa shape index (κ3) is 6.18. The Kier molecular flexibility index (Phi) is 7.19. The van der Waals surface area contributed by atoms with Gasteiger partial charge < -0.3 is 9.47 Å². The van der Waals surface area contributed by atoms with Crippen LogP contribution in [0.15, 0.2) is 77.9 Å². The van der Waals surface area contributed by atoms with E-state index in [0.29, 0.717) is 27.6 Å². The highest BCUT2D eigenvalue weighted by atomic mass is 35.5. The van der Waals surface area contributed by atoms with Gasteiger partial charge in [-0.3, -0.25) is 4.79 Å². The van der Waals surface area contributed by atoms with Crippen LogP contribution in [0.2, 0.25) is 5.02 Å². The van der Waals surface area contributed by atoms with Crippen LogP contribution < -0.4 is 14.9 Å². The number of amides is 1. The van der Waals surface area contributed by atoms with Crippen molar-refractivity contribution in [1.29, 1.82) is 0 Å². The predicted molar refractivity (Wildman–Crippen MR) is 115 cm³/mol. The number of hydrogen-bond acceptors (Lipinski definition) is 5. The van der Waals surface area contributed by atoms with Crippen LogP contribution in [0.25, 0.3) is 0 Å². The Hall–Kier alpha value is -3.64. The lowest BCUT2D eigenvalue weighted by molar-refractivity contribution is -0.123. The third-order valence-corrected chi connectivity index (χ3v) is 4.26. The van der Waals surface area contributed by atoms with Gasteiger partial charge in [0.2, 0.25) is 0 Å². The van der Waals surface area contributed by atoms with Gasteiger partial charge in [0.05, 0.1) is 11.8 Å². The van der Waals surface area contributed by atoms with Gasteiger partial charge in [-0.2, -0.15) is 5.10 Å². The summed E-state index contributed by atoms with van der Waals surface area (Å²) in [5, 5.41) is 4.44. The molecule has 0 radical (unpaired) electrons. The van der Waals surface area contributed by atoms with Gasteiger partial charge in [-0.25, -0.2) is 10.2 Å². The number of hydrazone groups is 1. The fourth-order valence-corrected chi connectivity index (χ4v) is 2.61. The molecule has 152 valence electrons. The van der Waals surface area contributed by atoms with Crippen molar-refractivity contribution in [2.75, 3.05) is 6.61 Å². The number of para-hydroxylation sites is 1. The molecule has 0 saturated carbocycles. The molecule has 0 unspecified atom stereocenters. The molecule has 6 nitrogen and oxygen atoms in total. The Morgan fingerprint density at radius 2 is 1.80 bits per heavy atom. The second-order valence-corrected chi connectivity index (χ2v) is 6.75.